The smallest absolute Gasteiger partial charge is 0.304 e. The standard InChI is InChI=1S/C16H13NO3S/c18-15(19)10-11-21-14-8-6-13(7-9-14)17-16(20)12-4-2-1-3-5-12/h1-2,4,6-9H,10-11H2,(H,17,20)(H,18,19). The van der Waals surface area contributed by atoms with Crippen LogP contribution in [-0.2, 0) is 4.79 Å². The predicted molar refractivity (Wildman–Crippen MR) is 81.5 cm³/mol. The quantitative estimate of drug-likeness (QED) is 0.804. The Kier molecular flexibility index (Phi) is 5.24. The Hall–Kier alpha value is -2.45. The van der Waals surface area contributed by atoms with Crippen LogP contribution in [0.5, 0.6) is 0 Å². The van der Waals surface area contributed by atoms with E-state index in [0.29, 0.717) is 17.0 Å². The second-order valence-electron chi connectivity index (χ2n) is 4.18. The van der Waals surface area contributed by atoms with Crippen molar-refractivity contribution in [2.24, 2.45) is 0 Å². The van der Waals surface area contributed by atoms with E-state index in [1.54, 1.807) is 30.3 Å². The van der Waals surface area contributed by atoms with Crippen molar-refractivity contribution in [2.75, 3.05) is 11.1 Å². The molecule has 0 heterocycles. The van der Waals surface area contributed by atoms with Crippen molar-refractivity contribution in [3.05, 3.63) is 60.2 Å². The lowest BCUT2D eigenvalue weighted by Gasteiger charge is -2.05. The van der Waals surface area contributed by atoms with E-state index in [0.717, 1.165) is 4.90 Å². The van der Waals surface area contributed by atoms with E-state index in [2.05, 4.69) is 17.4 Å². The molecule has 2 aromatic rings. The molecule has 0 radical (unpaired) electrons. The molecule has 0 fully saturated rings. The van der Waals surface area contributed by atoms with Gasteiger partial charge in [0.2, 0.25) is 0 Å². The van der Waals surface area contributed by atoms with E-state index in [-0.39, 0.29) is 12.3 Å². The third-order valence-corrected chi connectivity index (χ3v) is 3.60. The zero-order chi connectivity index (χ0) is 15.1. The second-order valence-corrected chi connectivity index (χ2v) is 5.35. The summed E-state index contributed by atoms with van der Waals surface area (Å²) < 4.78 is 0. The summed E-state index contributed by atoms with van der Waals surface area (Å²) in [5.41, 5.74) is 1.11. The molecule has 0 saturated carbocycles. The highest BCUT2D eigenvalue weighted by molar-refractivity contribution is 7.99. The highest BCUT2D eigenvalue weighted by Gasteiger charge is 2.05. The van der Waals surface area contributed by atoms with Gasteiger partial charge >= 0.3 is 5.97 Å². The zero-order valence-electron chi connectivity index (χ0n) is 11.1. The van der Waals surface area contributed by atoms with Gasteiger partial charge in [-0.25, -0.2) is 0 Å². The molecule has 2 N–H and O–H groups in total. The minimum absolute atomic E-state index is 0.128. The topological polar surface area (TPSA) is 66.4 Å². The fraction of sp³-hybridized carbons (Fsp3) is 0.125. The third-order valence-electron chi connectivity index (χ3n) is 2.59. The molecule has 0 atom stereocenters. The number of nitrogens with one attached hydrogen (secondary N) is 1. The van der Waals surface area contributed by atoms with Crippen molar-refractivity contribution >= 4 is 29.3 Å². The van der Waals surface area contributed by atoms with Crippen LogP contribution in [-0.4, -0.2) is 22.7 Å². The van der Waals surface area contributed by atoms with Gasteiger partial charge in [-0.3, -0.25) is 9.59 Å². The number of anilines is 1. The largest absolute Gasteiger partial charge is 0.481 e. The van der Waals surface area contributed by atoms with Crippen molar-refractivity contribution < 1.29 is 14.7 Å². The lowest BCUT2D eigenvalue weighted by Crippen LogP contribution is -2.11. The summed E-state index contributed by atoms with van der Waals surface area (Å²) in [6.07, 6.45) is 0.128. The molecule has 2 rings (SSSR count). The molecule has 0 aliphatic rings. The molecule has 21 heavy (non-hydrogen) atoms. The first-order chi connectivity index (χ1) is 10.1. The van der Waals surface area contributed by atoms with Gasteiger partial charge in [-0.1, -0.05) is 18.2 Å². The maximum Gasteiger partial charge on any atom is 0.304 e. The maximum atomic E-state index is 11.9. The molecule has 0 aromatic heterocycles. The van der Waals surface area contributed by atoms with Gasteiger partial charge < -0.3 is 10.4 Å². The van der Waals surface area contributed by atoms with Crippen molar-refractivity contribution in [3.8, 4) is 0 Å². The molecule has 106 valence electrons. The van der Waals surface area contributed by atoms with E-state index >= 15 is 0 Å². The maximum absolute atomic E-state index is 11.9. The number of carboxylic acids is 1. The van der Waals surface area contributed by atoms with Gasteiger partial charge in [0.25, 0.3) is 5.91 Å². The van der Waals surface area contributed by atoms with E-state index in [1.807, 2.05) is 12.1 Å². The Bertz CT molecular complexity index is 611. The molecule has 0 aliphatic carbocycles. The van der Waals surface area contributed by atoms with Crippen molar-refractivity contribution in [3.63, 3.8) is 0 Å². The van der Waals surface area contributed by atoms with Gasteiger partial charge in [-0.15, -0.1) is 11.8 Å². The van der Waals surface area contributed by atoms with E-state index < -0.39 is 5.97 Å². The van der Waals surface area contributed by atoms with Crippen molar-refractivity contribution in [2.45, 2.75) is 11.3 Å². The lowest BCUT2D eigenvalue weighted by atomic mass is 10.2. The van der Waals surface area contributed by atoms with Crippen LogP contribution in [0.1, 0.15) is 16.8 Å². The number of amides is 1. The summed E-state index contributed by atoms with van der Waals surface area (Å²) in [4.78, 5) is 23.3. The zero-order valence-corrected chi connectivity index (χ0v) is 11.9. The average Bonchev–Trinajstić information content (AvgIpc) is 2.49. The van der Waals surface area contributed by atoms with E-state index in [4.69, 9.17) is 5.11 Å². The lowest BCUT2D eigenvalue weighted by molar-refractivity contribution is -0.136. The summed E-state index contributed by atoms with van der Waals surface area (Å²) >= 11 is 1.47. The molecule has 0 bridgehead atoms. The van der Waals surface area contributed by atoms with E-state index in [1.165, 1.54) is 11.8 Å². The minimum Gasteiger partial charge on any atom is -0.481 e. The number of aliphatic carboxylic acids is 1. The van der Waals surface area contributed by atoms with Gasteiger partial charge in [0.1, 0.15) is 0 Å². The number of carbonyl (C=O) groups is 2. The van der Waals surface area contributed by atoms with Gasteiger partial charge in [0, 0.05) is 16.3 Å². The molecule has 0 aliphatic heterocycles. The first-order valence-corrected chi connectivity index (χ1v) is 7.28. The molecule has 1 amide bonds. The summed E-state index contributed by atoms with van der Waals surface area (Å²) in [5.74, 6) is -0.518. The number of hydrogen-bond acceptors (Lipinski definition) is 3. The van der Waals surface area contributed by atoms with Crippen LogP contribution in [0.3, 0.4) is 0 Å². The summed E-state index contributed by atoms with van der Waals surface area (Å²) in [5, 5.41) is 11.3. The molecule has 5 heteroatoms. The third kappa shape index (κ3) is 4.86. The highest BCUT2D eigenvalue weighted by Crippen LogP contribution is 2.21. The first kappa shape index (κ1) is 14.9. The Morgan fingerprint density at radius 3 is 2.57 bits per heavy atom. The van der Waals surface area contributed by atoms with Crippen LogP contribution < -0.4 is 5.32 Å². The average molecular weight is 299 g/mol. The summed E-state index contributed by atoms with van der Waals surface area (Å²) in [6.45, 7) is 0. The van der Waals surface area contributed by atoms with Crippen LogP contribution in [0.2, 0.25) is 0 Å². The number of benzene rings is 1. The van der Waals surface area contributed by atoms with Crippen LogP contribution in [0, 0.1) is 12.1 Å². The normalized spacial score (nSPS) is 9.71. The number of hydrogen-bond donors (Lipinski definition) is 2. The summed E-state index contributed by atoms with van der Waals surface area (Å²) in [7, 11) is 0. The molecule has 0 unspecified atom stereocenters. The molecule has 0 saturated heterocycles. The monoisotopic (exact) mass is 299 g/mol. The van der Waals surface area contributed by atoms with Crippen LogP contribution in [0.4, 0.5) is 5.69 Å². The number of thioether (sulfide) groups is 1. The SMILES string of the molecule is O=C(O)CCSc1ccc(NC(=O)c2c#cccc2)cc1. The van der Waals surface area contributed by atoms with E-state index in [9.17, 15) is 9.59 Å². The molecular weight excluding hydrogens is 286 g/mol. The van der Waals surface area contributed by atoms with Gasteiger partial charge in [-0.05, 0) is 36.4 Å². The van der Waals surface area contributed by atoms with Crippen LogP contribution in [0.25, 0.3) is 0 Å². The fourth-order valence-electron chi connectivity index (χ4n) is 1.58. The Morgan fingerprint density at radius 1 is 1.19 bits per heavy atom. The van der Waals surface area contributed by atoms with Crippen molar-refractivity contribution in [1.82, 2.24) is 0 Å². The van der Waals surface area contributed by atoms with Gasteiger partial charge in [0.05, 0.1) is 12.0 Å². The minimum atomic E-state index is -0.803. The molecule has 0 spiro atoms. The fourth-order valence-corrected chi connectivity index (χ4v) is 2.42. The number of rotatable bonds is 6. The molecule has 2 aromatic carbocycles. The summed E-state index contributed by atoms with van der Waals surface area (Å²) in [6, 6.07) is 17.8. The first-order valence-electron chi connectivity index (χ1n) is 6.29. The Morgan fingerprint density at radius 2 is 1.95 bits per heavy atom. The highest BCUT2D eigenvalue weighted by atomic mass is 32.2. The molecular formula is C16H13NO3S. The Labute approximate surface area is 127 Å². The number of carbonyl (C=O) groups excluding carboxylic acids is 1. The predicted octanol–water partition coefficient (Wildman–Crippen LogP) is 3.11. The van der Waals surface area contributed by atoms with Gasteiger partial charge in [-0.2, -0.15) is 0 Å². The second kappa shape index (κ2) is 7.36. The van der Waals surface area contributed by atoms with Crippen LogP contribution in [0.15, 0.2) is 47.4 Å². The number of carboxylic acid groups (broad SMARTS) is 1. The van der Waals surface area contributed by atoms with Crippen LogP contribution >= 0.6 is 11.8 Å². The molecule has 4 nitrogen and oxygen atoms in total. The Balaban J connectivity index is 1.90. The van der Waals surface area contributed by atoms with Gasteiger partial charge in [0.15, 0.2) is 0 Å². The van der Waals surface area contributed by atoms with Crippen molar-refractivity contribution in [1.29, 1.82) is 0 Å².